The first-order valence-corrected chi connectivity index (χ1v) is 13.6. The molecule has 0 bridgehead atoms. The second-order valence-electron chi connectivity index (χ2n) is 10.2. The molecule has 3 aromatic rings. The van der Waals surface area contributed by atoms with Gasteiger partial charge in [-0.2, -0.15) is 5.10 Å². The molecule has 8 nitrogen and oxygen atoms in total. The van der Waals surface area contributed by atoms with Crippen molar-refractivity contribution < 1.29 is 9.59 Å². The number of anilines is 1. The molecular formula is C30H40N6O2. The highest BCUT2D eigenvalue weighted by Crippen LogP contribution is 2.24. The molecule has 8 heteroatoms. The molecule has 2 amide bonds. The van der Waals surface area contributed by atoms with Crippen LogP contribution in [0.5, 0.6) is 0 Å². The van der Waals surface area contributed by atoms with Crippen LogP contribution in [0.25, 0.3) is 0 Å². The fourth-order valence-electron chi connectivity index (χ4n) is 5.35. The van der Waals surface area contributed by atoms with Crippen LogP contribution in [-0.4, -0.2) is 62.6 Å². The summed E-state index contributed by atoms with van der Waals surface area (Å²) in [5.41, 5.74) is 6.18. The summed E-state index contributed by atoms with van der Waals surface area (Å²) in [6, 6.07) is 14.0. The quantitative estimate of drug-likeness (QED) is 0.512. The fourth-order valence-corrected chi connectivity index (χ4v) is 5.35. The third kappa shape index (κ3) is 6.86. The number of para-hydroxylation sites is 1. The minimum Gasteiger partial charge on any atom is -0.338 e. The molecule has 0 unspecified atom stereocenters. The zero-order valence-corrected chi connectivity index (χ0v) is 23.2. The first-order chi connectivity index (χ1) is 18.3. The van der Waals surface area contributed by atoms with Gasteiger partial charge >= 0.3 is 0 Å². The molecule has 0 fully saturated rings. The van der Waals surface area contributed by atoms with Gasteiger partial charge in [-0.15, -0.1) is 0 Å². The van der Waals surface area contributed by atoms with Crippen LogP contribution < -0.4 is 4.90 Å². The number of rotatable bonds is 5. The maximum absolute atomic E-state index is 13.6. The van der Waals surface area contributed by atoms with E-state index in [1.807, 2.05) is 77.1 Å². The van der Waals surface area contributed by atoms with Gasteiger partial charge in [0.1, 0.15) is 0 Å². The minimum absolute atomic E-state index is 0.0196. The van der Waals surface area contributed by atoms with Gasteiger partial charge in [0.15, 0.2) is 0 Å². The van der Waals surface area contributed by atoms with Crippen LogP contribution in [0.3, 0.4) is 0 Å². The van der Waals surface area contributed by atoms with E-state index in [1.165, 1.54) is 0 Å². The molecular weight excluding hydrogens is 476 g/mol. The van der Waals surface area contributed by atoms with Gasteiger partial charge in [0.25, 0.3) is 0 Å². The predicted molar refractivity (Wildman–Crippen MR) is 150 cm³/mol. The average molecular weight is 517 g/mol. The van der Waals surface area contributed by atoms with E-state index in [0.29, 0.717) is 32.5 Å². The summed E-state index contributed by atoms with van der Waals surface area (Å²) in [4.78, 5) is 37.0. The summed E-state index contributed by atoms with van der Waals surface area (Å²) in [5.74, 6) is 0.149. The van der Waals surface area contributed by atoms with E-state index in [4.69, 9.17) is 0 Å². The predicted octanol–water partition coefficient (Wildman–Crippen LogP) is 4.04. The Hall–Kier alpha value is -3.52. The highest BCUT2D eigenvalue weighted by Gasteiger charge is 2.22. The zero-order valence-electron chi connectivity index (χ0n) is 23.2. The molecule has 202 valence electrons. The van der Waals surface area contributed by atoms with Crippen LogP contribution in [0.2, 0.25) is 0 Å². The van der Waals surface area contributed by atoms with Crippen molar-refractivity contribution in [2.24, 2.45) is 7.05 Å². The van der Waals surface area contributed by atoms with Crippen molar-refractivity contribution in [3.63, 3.8) is 0 Å². The molecule has 0 N–H and O–H groups in total. The number of benzene rings is 1. The summed E-state index contributed by atoms with van der Waals surface area (Å²) in [6.45, 7) is 9.95. The SMILES string of the molecule is CC(=O)N1CCCN(Cc2ccccn2)CCCN(C(=O)CCc2c(C)nn(C)c2C)Cc2ccccc21. The lowest BCUT2D eigenvalue weighted by molar-refractivity contribution is -0.131. The van der Waals surface area contributed by atoms with E-state index in [0.717, 1.165) is 66.4 Å². The van der Waals surface area contributed by atoms with Gasteiger partial charge in [-0.3, -0.25) is 24.2 Å². The number of aryl methyl sites for hydroxylation is 2. The lowest BCUT2D eigenvalue weighted by atomic mass is 10.1. The van der Waals surface area contributed by atoms with Crippen molar-refractivity contribution >= 4 is 17.5 Å². The Morgan fingerprint density at radius 1 is 0.947 bits per heavy atom. The average Bonchev–Trinajstić information content (AvgIpc) is 3.14. The normalized spacial score (nSPS) is 15.5. The van der Waals surface area contributed by atoms with Crippen LogP contribution in [0.4, 0.5) is 5.69 Å². The third-order valence-corrected chi connectivity index (χ3v) is 7.49. The van der Waals surface area contributed by atoms with Gasteiger partial charge in [-0.1, -0.05) is 24.3 Å². The van der Waals surface area contributed by atoms with Crippen molar-refractivity contribution in [2.75, 3.05) is 31.1 Å². The van der Waals surface area contributed by atoms with E-state index in [1.54, 1.807) is 6.92 Å². The number of hydrogen-bond donors (Lipinski definition) is 0. The van der Waals surface area contributed by atoms with Gasteiger partial charge in [0.2, 0.25) is 11.8 Å². The van der Waals surface area contributed by atoms with Gasteiger partial charge in [0.05, 0.1) is 11.4 Å². The van der Waals surface area contributed by atoms with E-state index in [2.05, 4.69) is 21.9 Å². The number of pyridine rings is 1. The first kappa shape index (κ1) is 27.5. The Labute approximate surface area is 226 Å². The Balaban J connectivity index is 1.56. The molecule has 1 aromatic carbocycles. The molecule has 0 aliphatic carbocycles. The summed E-state index contributed by atoms with van der Waals surface area (Å²) >= 11 is 0. The number of nitrogens with zero attached hydrogens (tertiary/aromatic N) is 6. The summed E-state index contributed by atoms with van der Waals surface area (Å²) < 4.78 is 1.88. The largest absolute Gasteiger partial charge is 0.338 e. The molecule has 0 radical (unpaired) electrons. The molecule has 4 rings (SSSR count). The van der Waals surface area contributed by atoms with Gasteiger partial charge in [-0.05, 0) is 62.4 Å². The van der Waals surface area contributed by atoms with Crippen LogP contribution in [0.15, 0.2) is 48.7 Å². The van der Waals surface area contributed by atoms with Crippen molar-refractivity contribution in [3.05, 3.63) is 76.9 Å². The van der Waals surface area contributed by atoms with Crippen molar-refractivity contribution in [3.8, 4) is 0 Å². The molecule has 0 saturated carbocycles. The number of carbonyl (C=O) groups is 2. The van der Waals surface area contributed by atoms with Crippen LogP contribution in [0, 0.1) is 13.8 Å². The Morgan fingerprint density at radius 3 is 2.37 bits per heavy atom. The van der Waals surface area contributed by atoms with Gasteiger partial charge < -0.3 is 9.80 Å². The minimum atomic E-state index is 0.0196. The van der Waals surface area contributed by atoms with E-state index < -0.39 is 0 Å². The third-order valence-electron chi connectivity index (χ3n) is 7.49. The fraction of sp³-hybridized carbons (Fsp3) is 0.467. The van der Waals surface area contributed by atoms with E-state index in [-0.39, 0.29) is 11.8 Å². The number of fused-ring (bicyclic) bond motifs is 1. The maximum atomic E-state index is 13.6. The van der Waals surface area contributed by atoms with Gasteiger partial charge in [0, 0.05) is 77.2 Å². The van der Waals surface area contributed by atoms with E-state index >= 15 is 0 Å². The molecule has 0 saturated heterocycles. The molecule has 1 aliphatic rings. The molecule has 0 spiro atoms. The molecule has 2 aromatic heterocycles. The highest BCUT2D eigenvalue weighted by molar-refractivity contribution is 5.92. The zero-order chi connectivity index (χ0) is 27.1. The monoisotopic (exact) mass is 516 g/mol. The second kappa shape index (κ2) is 12.8. The lowest BCUT2D eigenvalue weighted by Crippen LogP contribution is -2.38. The number of amides is 2. The van der Waals surface area contributed by atoms with Crippen molar-refractivity contribution in [2.45, 2.75) is 59.5 Å². The molecule has 3 heterocycles. The van der Waals surface area contributed by atoms with Crippen molar-refractivity contribution in [1.29, 1.82) is 0 Å². The highest BCUT2D eigenvalue weighted by atomic mass is 16.2. The topological polar surface area (TPSA) is 74.6 Å². The van der Waals surface area contributed by atoms with Crippen LogP contribution in [0.1, 0.15) is 54.4 Å². The Kier molecular flexibility index (Phi) is 9.29. The van der Waals surface area contributed by atoms with Crippen LogP contribution >= 0.6 is 0 Å². The van der Waals surface area contributed by atoms with E-state index in [9.17, 15) is 9.59 Å². The first-order valence-electron chi connectivity index (χ1n) is 13.6. The van der Waals surface area contributed by atoms with Crippen LogP contribution in [-0.2, 0) is 36.1 Å². The summed E-state index contributed by atoms with van der Waals surface area (Å²) in [6.07, 6.45) is 4.68. The van der Waals surface area contributed by atoms with Crippen molar-refractivity contribution in [1.82, 2.24) is 24.6 Å². The number of aromatic nitrogens is 3. The maximum Gasteiger partial charge on any atom is 0.223 e. The molecule has 1 aliphatic heterocycles. The summed E-state index contributed by atoms with van der Waals surface area (Å²) in [5, 5.41) is 4.51. The Morgan fingerprint density at radius 2 is 1.68 bits per heavy atom. The molecule has 38 heavy (non-hydrogen) atoms. The smallest absolute Gasteiger partial charge is 0.223 e. The lowest BCUT2D eigenvalue weighted by Gasteiger charge is -2.31. The summed E-state index contributed by atoms with van der Waals surface area (Å²) in [7, 11) is 1.94. The standard InChI is InChI=1S/C30H40N6O2/c1-23-28(24(2)33(4)32-23)14-15-30(38)35-19-9-17-34(22-27-12-7-8-16-31-27)18-10-20-36(25(3)37)29-13-6-5-11-26(29)21-35/h5-8,11-13,16H,9-10,14-15,17-22H2,1-4H3. The number of carbonyl (C=O) groups excluding carboxylic acids is 2. The van der Waals surface area contributed by atoms with Gasteiger partial charge in [-0.25, -0.2) is 0 Å². The number of hydrogen-bond acceptors (Lipinski definition) is 5. The second-order valence-corrected chi connectivity index (χ2v) is 10.2. The Bertz CT molecular complexity index is 1240. The molecule has 0 atom stereocenters.